The minimum Gasteiger partial charge on any atom is -0.508 e. The van der Waals surface area contributed by atoms with Crippen LogP contribution < -0.4 is 5.32 Å². The van der Waals surface area contributed by atoms with Crippen molar-refractivity contribution in [2.24, 2.45) is 0 Å². The van der Waals surface area contributed by atoms with E-state index >= 15 is 0 Å². The van der Waals surface area contributed by atoms with Crippen molar-refractivity contribution in [1.29, 1.82) is 0 Å². The maximum absolute atomic E-state index is 11.9. The molecule has 0 aliphatic carbocycles. The Labute approximate surface area is 86.4 Å². The number of benzene rings is 1. The van der Waals surface area contributed by atoms with Gasteiger partial charge in [-0.25, -0.2) is 8.78 Å². The van der Waals surface area contributed by atoms with Gasteiger partial charge in [-0.05, 0) is 13.0 Å². The summed E-state index contributed by atoms with van der Waals surface area (Å²) in [6.45, 7) is 1.23. The second-order valence-corrected chi connectivity index (χ2v) is 3.26. The van der Waals surface area contributed by atoms with Gasteiger partial charge >= 0.3 is 0 Å². The van der Waals surface area contributed by atoms with Crippen molar-refractivity contribution in [3.63, 3.8) is 0 Å². The number of alkyl halides is 2. The van der Waals surface area contributed by atoms with Gasteiger partial charge in [0.15, 0.2) is 0 Å². The van der Waals surface area contributed by atoms with E-state index in [1.807, 2.05) is 0 Å². The average Bonchev–Trinajstić information content (AvgIpc) is 2.14. The van der Waals surface area contributed by atoms with Gasteiger partial charge < -0.3 is 15.5 Å². The van der Waals surface area contributed by atoms with Crippen LogP contribution in [-0.4, -0.2) is 23.2 Å². The van der Waals surface area contributed by atoms with Crippen LogP contribution in [0.2, 0.25) is 0 Å². The van der Waals surface area contributed by atoms with Gasteiger partial charge in [-0.1, -0.05) is 6.07 Å². The third-order valence-corrected chi connectivity index (χ3v) is 2.06. The number of halogens is 2. The zero-order chi connectivity index (χ0) is 11.4. The Kier molecular flexibility index (Phi) is 3.85. The molecule has 1 aromatic rings. The zero-order valence-electron chi connectivity index (χ0n) is 8.24. The number of hydrogen-bond donors (Lipinski definition) is 3. The lowest BCUT2D eigenvalue weighted by molar-refractivity contribution is 0.142. The monoisotopic (exact) mass is 217 g/mol. The molecule has 84 valence electrons. The Balaban J connectivity index is 2.69. The van der Waals surface area contributed by atoms with E-state index in [4.69, 9.17) is 5.11 Å². The predicted molar refractivity (Wildman–Crippen MR) is 52.2 cm³/mol. The summed E-state index contributed by atoms with van der Waals surface area (Å²) in [7, 11) is 0. The van der Waals surface area contributed by atoms with Gasteiger partial charge in [0.2, 0.25) is 0 Å². The molecule has 5 heteroatoms. The van der Waals surface area contributed by atoms with Gasteiger partial charge in [0, 0.05) is 17.7 Å². The number of rotatable bonds is 4. The second kappa shape index (κ2) is 4.93. The van der Waals surface area contributed by atoms with Crippen molar-refractivity contribution in [2.45, 2.75) is 19.4 Å². The highest BCUT2D eigenvalue weighted by Crippen LogP contribution is 2.27. The van der Waals surface area contributed by atoms with Gasteiger partial charge in [0.25, 0.3) is 6.43 Å². The lowest BCUT2D eigenvalue weighted by atomic mass is 10.1. The van der Waals surface area contributed by atoms with Crippen LogP contribution in [0.3, 0.4) is 0 Å². The average molecular weight is 217 g/mol. The fraction of sp³-hybridized carbons (Fsp3) is 0.400. The molecule has 0 fully saturated rings. The molecule has 1 aromatic carbocycles. The number of phenols is 2. The smallest absolute Gasteiger partial charge is 0.250 e. The number of phenolic OH excluding ortho intramolecular Hbond substituents is 2. The van der Waals surface area contributed by atoms with Gasteiger partial charge in [0.05, 0.1) is 6.54 Å². The SMILES string of the molecule is CC(NCC(F)F)c1ccc(O)cc1O. The molecule has 0 saturated heterocycles. The van der Waals surface area contributed by atoms with Crippen molar-refractivity contribution >= 4 is 0 Å². The van der Waals surface area contributed by atoms with Crippen molar-refractivity contribution in [1.82, 2.24) is 5.32 Å². The fourth-order valence-corrected chi connectivity index (χ4v) is 1.27. The molecular weight excluding hydrogens is 204 g/mol. The summed E-state index contributed by atoms with van der Waals surface area (Å²) in [6.07, 6.45) is -2.42. The normalized spacial score (nSPS) is 13.1. The molecular formula is C10H13F2NO2. The first-order chi connectivity index (χ1) is 7.00. The van der Waals surface area contributed by atoms with Crippen LogP contribution in [0.15, 0.2) is 18.2 Å². The van der Waals surface area contributed by atoms with Crippen LogP contribution in [0.1, 0.15) is 18.5 Å². The van der Waals surface area contributed by atoms with Crippen molar-refractivity contribution in [3.8, 4) is 11.5 Å². The molecule has 0 spiro atoms. The topological polar surface area (TPSA) is 52.5 Å². The molecule has 0 saturated carbocycles. The highest BCUT2D eigenvalue weighted by Gasteiger charge is 2.12. The van der Waals surface area contributed by atoms with Crippen LogP contribution >= 0.6 is 0 Å². The molecule has 0 aromatic heterocycles. The first kappa shape index (κ1) is 11.7. The van der Waals surface area contributed by atoms with E-state index in [0.29, 0.717) is 5.56 Å². The Bertz CT molecular complexity index is 331. The van der Waals surface area contributed by atoms with Crippen LogP contribution in [0.4, 0.5) is 8.78 Å². The summed E-state index contributed by atoms with van der Waals surface area (Å²) in [6, 6.07) is 3.68. The summed E-state index contributed by atoms with van der Waals surface area (Å²) in [5.41, 5.74) is 0.480. The van der Waals surface area contributed by atoms with Crippen LogP contribution in [0, 0.1) is 0 Å². The van der Waals surface area contributed by atoms with E-state index in [9.17, 15) is 13.9 Å². The summed E-state index contributed by atoms with van der Waals surface area (Å²) >= 11 is 0. The third kappa shape index (κ3) is 3.36. The van der Waals surface area contributed by atoms with Crippen molar-refractivity contribution in [2.75, 3.05) is 6.54 Å². The quantitative estimate of drug-likeness (QED) is 0.723. The summed E-state index contributed by atoms with van der Waals surface area (Å²) in [4.78, 5) is 0. The lowest BCUT2D eigenvalue weighted by Gasteiger charge is -2.15. The maximum atomic E-state index is 11.9. The molecule has 0 amide bonds. The highest BCUT2D eigenvalue weighted by atomic mass is 19.3. The molecule has 1 unspecified atom stereocenters. The molecule has 3 nitrogen and oxygen atoms in total. The Morgan fingerprint density at radius 3 is 2.53 bits per heavy atom. The minimum atomic E-state index is -2.42. The van der Waals surface area contributed by atoms with Gasteiger partial charge in [-0.3, -0.25) is 0 Å². The highest BCUT2D eigenvalue weighted by molar-refractivity contribution is 5.40. The van der Waals surface area contributed by atoms with Crippen LogP contribution in [-0.2, 0) is 0 Å². The van der Waals surface area contributed by atoms with Gasteiger partial charge in [-0.2, -0.15) is 0 Å². The lowest BCUT2D eigenvalue weighted by Crippen LogP contribution is -2.24. The van der Waals surface area contributed by atoms with E-state index in [-0.39, 0.29) is 17.5 Å². The van der Waals surface area contributed by atoms with Crippen LogP contribution in [0.5, 0.6) is 11.5 Å². The van der Waals surface area contributed by atoms with E-state index in [0.717, 1.165) is 0 Å². The molecule has 1 atom stereocenters. The summed E-state index contributed by atoms with van der Waals surface area (Å²) < 4.78 is 23.8. The first-order valence-electron chi connectivity index (χ1n) is 4.54. The molecule has 0 radical (unpaired) electrons. The molecule has 0 bridgehead atoms. The number of nitrogens with one attached hydrogen (secondary N) is 1. The van der Waals surface area contributed by atoms with Gasteiger partial charge in [-0.15, -0.1) is 0 Å². The Morgan fingerprint density at radius 2 is 2.00 bits per heavy atom. The maximum Gasteiger partial charge on any atom is 0.250 e. The zero-order valence-corrected chi connectivity index (χ0v) is 8.24. The summed E-state index contributed by atoms with van der Waals surface area (Å²) in [5.74, 6) is -0.165. The van der Waals surface area contributed by atoms with E-state index < -0.39 is 13.0 Å². The third-order valence-electron chi connectivity index (χ3n) is 2.06. The minimum absolute atomic E-state index is 0.0580. The molecule has 1 rings (SSSR count). The van der Waals surface area contributed by atoms with Gasteiger partial charge in [0.1, 0.15) is 11.5 Å². The second-order valence-electron chi connectivity index (χ2n) is 3.26. The molecule has 0 aliphatic rings. The molecule has 0 aliphatic heterocycles. The van der Waals surface area contributed by atoms with Crippen molar-refractivity contribution in [3.05, 3.63) is 23.8 Å². The van der Waals surface area contributed by atoms with Crippen molar-refractivity contribution < 1.29 is 19.0 Å². The number of hydrogen-bond acceptors (Lipinski definition) is 3. The largest absolute Gasteiger partial charge is 0.508 e. The molecule has 0 heterocycles. The fourth-order valence-electron chi connectivity index (χ4n) is 1.27. The number of aromatic hydroxyl groups is 2. The standard InChI is InChI=1S/C10H13F2NO2/c1-6(13-5-10(11)12)8-3-2-7(14)4-9(8)15/h2-4,6,10,13-15H,5H2,1H3. The summed E-state index contributed by atoms with van der Waals surface area (Å²) in [5, 5.41) is 21.0. The van der Waals surface area contributed by atoms with E-state index in [1.54, 1.807) is 6.92 Å². The molecule has 3 N–H and O–H groups in total. The van der Waals surface area contributed by atoms with E-state index in [2.05, 4.69) is 5.32 Å². The Hall–Kier alpha value is -1.36. The predicted octanol–water partition coefficient (Wildman–Crippen LogP) is 2.01. The first-order valence-corrected chi connectivity index (χ1v) is 4.54. The van der Waals surface area contributed by atoms with Crippen LogP contribution in [0.25, 0.3) is 0 Å². The van der Waals surface area contributed by atoms with E-state index in [1.165, 1.54) is 18.2 Å². The Morgan fingerprint density at radius 1 is 1.33 bits per heavy atom. The molecule has 15 heavy (non-hydrogen) atoms.